The molecule has 2 aromatic heterocycles. The number of aromatic nitrogens is 2. The lowest BCUT2D eigenvalue weighted by Crippen LogP contribution is -2.14. The molecular formula is C12H15BrClN3S. The number of thiophene rings is 1. The van der Waals surface area contributed by atoms with Crippen molar-refractivity contribution in [1.82, 2.24) is 9.78 Å². The predicted octanol–water partition coefficient (Wildman–Crippen LogP) is 3.76. The van der Waals surface area contributed by atoms with E-state index in [0.29, 0.717) is 6.42 Å². The van der Waals surface area contributed by atoms with Gasteiger partial charge in [0.05, 0.1) is 20.2 Å². The maximum atomic E-state index is 6.25. The van der Waals surface area contributed by atoms with E-state index in [-0.39, 0.29) is 6.04 Å². The van der Waals surface area contributed by atoms with E-state index >= 15 is 0 Å². The number of hydrogen-bond acceptors (Lipinski definition) is 3. The molecule has 2 N–H and O–H groups in total. The lowest BCUT2D eigenvalue weighted by molar-refractivity contribution is 0.645. The van der Waals surface area contributed by atoms with Gasteiger partial charge in [0.2, 0.25) is 0 Å². The van der Waals surface area contributed by atoms with Crippen molar-refractivity contribution in [2.45, 2.75) is 26.3 Å². The second-order valence-electron chi connectivity index (χ2n) is 4.39. The standard InChI is InChI=1S/C12H15BrClN3S/c1-6-4-10(18-12(6)13)8(15)5-9-11(14)7(2)16-17(9)3/h4,8H,5,15H2,1-3H3. The van der Waals surface area contributed by atoms with Gasteiger partial charge in [0.25, 0.3) is 0 Å². The fourth-order valence-electron chi connectivity index (χ4n) is 1.88. The van der Waals surface area contributed by atoms with Crippen LogP contribution in [0.5, 0.6) is 0 Å². The largest absolute Gasteiger partial charge is 0.323 e. The Kier molecular flexibility index (Phi) is 4.16. The first-order valence-electron chi connectivity index (χ1n) is 5.59. The van der Waals surface area contributed by atoms with E-state index in [4.69, 9.17) is 17.3 Å². The molecule has 2 aromatic rings. The highest BCUT2D eigenvalue weighted by Crippen LogP contribution is 2.33. The van der Waals surface area contributed by atoms with E-state index in [1.165, 1.54) is 5.56 Å². The van der Waals surface area contributed by atoms with Gasteiger partial charge in [-0.05, 0) is 41.4 Å². The van der Waals surface area contributed by atoms with Crippen molar-refractivity contribution >= 4 is 38.9 Å². The number of nitrogens with zero attached hydrogens (tertiary/aromatic N) is 2. The minimum Gasteiger partial charge on any atom is -0.323 e. The predicted molar refractivity (Wildman–Crippen MR) is 80.3 cm³/mol. The van der Waals surface area contributed by atoms with Crippen molar-refractivity contribution < 1.29 is 0 Å². The van der Waals surface area contributed by atoms with Crippen LogP contribution in [0.3, 0.4) is 0 Å². The second kappa shape index (κ2) is 5.33. The Morgan fingerprint density at radius 1 is 1.56 bits per heavy atom. The third kappa shape index (κ3) is 2.64. The van der Waals surface area contributed by atoms with Gasteiger partial charge in [0.1, 0.15) is 0 Å². The Labute approximate surface area is 124 Å². The summed E-state index contributed by atoms with van der Waals surface area (Å²) in [7, 11) is 1.90. The summed E-state index contributed by atoms with van der Waals surface area (Å²) in [5, 5.41) is 5.03. The van der Waals surface area contributed by atoms with Crippen LogP contribution in [0.25, 0.3) is 0 Å². The normalized spacial score (nSPS) is 13.0. The van der Waals surface area contributed by atoms with Crippen molar-refractivity contribution in [3.63, 3.8) is 0 Å². The van der Waals surface area contributed by atoms with Crippen LogP contribution in [-0.2, 0) is 13.5 Å². The van der Waals surface area contributed by atoms with Gasteiger partial charge in [-0.15, -0.1) is 11.3 Å². The Balaban J connectivity index is 2.23. The van der Waals surface area contributed by atoms with Crippen LogP contribution < -0.4 is 5.73 Å². The van der Waals surface area contributed by atoms with Crippen LogP contribution in [0.15, 0.2) is 9.85 Å². The highest BCUT2D eigenvalue weighted by molar-refractivity contribution is 9.11. The second-order valence-corrected chi connectivity index (χ2v) is 7.17. The monoisotopic (exact) mass is 347 g/mol. The SMILES string of the molecule is Cc1cc(C(N)Cc2c(Cl)c(C)nn2C)sc1Br. The number of hydrogen-bond donors (Lipinski definition) is 1. The molecule has 6 heteroatoms. The first-order chi connectivity index (χ1) is 8.40. The average molecular weight is 349 g/mol. The molecule has 0 radical (unpaired) electrons. The van der Waals surface area contributed by atoms with E-state index in [0.717, 1.165) is 25.1 Å². The van der Waals surface area contributed by atoms with E-state index in [1.807, 2.05) is 18.7 Å². The zero-order valence-corrected chi connectivity index (χ0v) is 13.7. The minimum atomic E-state index is -0.0488. The summed E-state index contributed by atoms with van der Waals surface area (Å²) in [4.78, 5) is 1.16. The maximum Gasteiger partial charge on any atom is 0.0847 e. The van der Waals surface area contributed by atoms with Gasteiger partial charge in [-0.25, -0.2) is 0 Å². The lowest BCUT2D eigenvalue weighted by Gasteiger charge is -2.10. The fourth-order valence-corrected chi connectivity index (χ4v) is 3.69. The molecule has 0 saturated carbocycles. The highest BCUT2D eigenvalue weighted by Gasteiger charge is 2.17. The topological polar surface area (TPSA) is 43.8 Å². The zero-order chi connectivity index (χ0) is 13.4. The molecule has 0 saturated heterocycles. The van der Waals surface area contributed by atoms with Crippen molar-refractivity contribution in [2.75, 3.05) is 0 Å². The van der Waals surface area contributed by atoms with E-state index < -0.39 is 0 Å². The van der Waals surface area contributed by atoms with Crippen molar-refractivity contribution in [2.24, 2.45) is 12.8 Å². The molecule has 0 aliphatic rings. The van der Waals surface area contributed by atoms with Crippen LogP contribution >= 0.6 is 38.9 Å². The molecule has 98 valence electrons. The van der Waals surface area contributed by atoms with Gasteiger partial charge in [0.15, 0.2) is 0 Å². The Bertz CT molecular complexity index is 557. The number of rotatable bonds is 3. The molecule has 0 spiro atoms. The summed E-state index contributed by atoms with van der Waals surface area (Å²) in [6.45, 7) is 3.97. The van der Waals surface area contributed by atoms with Crippen molar-refractivity contribution in [3.05, 3.63) is 36.7 Å². The minimum absolute atomic E-state index is 0.0488. The van der Waals surface area contributed by atoms with Crippen molar-refractivity contribution in [1.29, 1.82) is 0 Å². The molecule has 0 fully saturated rings. The summed E-state index contributed by atoms with van der Waals surface area (Å²) in [5.74, 6) is 0. The van der Waals surface area contributed by atoms with Crippen LogP contribution in [0.2, 0.25) is 5.02 Å². The van der Waals surface area contributed by atoms with Gasteiger partial charge < -0.3 is 5.73 Å². The molecule has 0 aliphatic heterocycles. The van der Waals surface area contributed by atoms with Crippen LogP contribution in [-0.4, -0.2) is 9.78 Å². The molecule has 0 bridgehead atoms. The third-order valence-corrected chi connectivity index (χ3v) is 5.68. The Hall–Kier alpha value is -0.360. The van der Waals surface area contributed by atoms with Crippen LogP contribution in [0, 0.1) is 13.8 Å². The average Bonchev–Trinajstić information content (AvgIpc) is 2.75. The summed E-state index contributed by atoms with van der Waals surface area (Å²) >= 11 is 11.4. The van der Waals surface area contributed by atoms with Gasteiger partial charge in [-0.1, -0.05) is 11.6 Å². The van der Waals surface area contributed by atoms with Gasteiger partial charge in [-0.3, -0.25) is 4.68 Å². The van der Waals surface area contributed by atoms with Crippen LogP contribution in [0.4, 0.5) is 0 Å². The molecule has 1 unspecified atom stereocenters. The van der Waals surface area contributed by atoms with E-state index in [1.54, 1.807) is 11.3 Å². The number of nitrogens with two attached hydrogens (primary N) is 1. The first kappa shape index (κ1) is 14.1. The lowest BCUT2D eigenvalue weighted by atomic mass is 10.1. The molecule has 18 heavy (non-hydrogen) atoms. The fraction of sp³-hybridized carbons (Fsp3) is 0.417. The molecular weight excluding hydrogens is 334 g/mol. The molecule has 1 atom stereocenters. The van der Waals surface area contributed by atoms with Crippen LogP contribution in [0.1, 0.15) is 27.9 Å². The maximum absolute atomic E-state index is 6.25. The summed E-state index contributed by atoms with van der Waals surface area (Å²) < 4.78 is 2.95. The molecule has 0 amide bonds. The molecule has 3 nitrogen and oxygen atoms in total. The van der Waals surface area contributed by atoms with Gasteiger partial charge >= 0.3 is 0 Å². The van der Waals surface area contributed by atoms with Gasteiger partial charge in [0, 0.05) is 24.4 Å². The highest BCUT2D eigenvalue weighted by atomic mass is 79.9. The van der Waals surface area contributed by atoms with Crippen molar-refractivity contribution in [3.8, 4) is 0 Å². The molecule has 0 aliphatic carbocycles. The number of halogens is 2. The zero-order valence-electron chi connectivity index (χ0n) is 10.5. The van der Waals surface area contributed by atoms with Gasteiger partial charge in [-0.2, -0.15) is 5.10 Å². The summed E-state index contributed by atoms with van der Waals surface area (Å²) in [6, 6.07) is 2.07. The van der Waals surface area contributed by atoms with E-state index in [2.05, 4.69) is 34.0 Å². The summed E-state index contributed by atoms with van der Waals surface area (Å²) in [5.41, 5.74) is 9.31. The molecule has 0 aromatic carbocycles. The smallest absolute Gasteiger partial charge is 0.0847 e. The molecule has 2 rings (SSSR count). The molecule has 2 heterocycles. The summed E-state index contributed by atoms with van der Waals surface area (Å²) in [6.07, 6.45) is 0.697. The van der Waals surface area contributed by atoms with E-state index in [9.17, 15) is 0 Å². The Morgan fingerprint density at radius 3 is 2.67 bits per heavy atom. The number of aryl methyl sites for hydroxylation is 3. The Morgan fingerprint density at radius 2 is 2.22 bits per heavy atom. The first-order valence-corrected chi connectivity index (χ1v) is 7.58. The third-order valence-electron chi connectivity index (χ3n) is 2.92. The quantitative estimate of drug-likeness (QED) is 0.918.